The first kappa shape index (κ1) is 15.8. The van der Waals surface area contributed by atoms with Crippen molar-refractivity contribution in [3.05, 3.63) is 63.6 Å². The summed E-state index contributed by atoms with van der Waals surface area (Å²) >= 11 is 17.5. The zero-order chi connectivity index (χ0) is 15.4. The number of rotatable bonds is 4. The van der Waals surface area contributed by atoms with Crippen LogP contribution in [0.5, 0.6) is 0 Å². The van der Waals surface area contributed by atoms with Gasteiger partial charge in [0.1, 0.15) is 5.88 Å². The number of carbonyl (C=O) groups is 2. The summed E-state index contributed by atoms with van der Waals surface area (Å²) in [4.78, 5) is 24.0. The van der Waals surface area contributed by atoms with Crippen LogP contribution in [0.3, 0.4) is 0 Å². The topological polar surface area (TPSA) is 46.2 Å². The Hall–Kier alpha value is -1.55. The third kappa shape index (κ3) is 3.76. The van der Waals surface area contributed by atoms with Crippen molar-refractivity contribution in [2.24, 2.45) is 0 Å². The predicted molar refractivity (Wildman–Crippen MR) is 85.7 cm³/mol. The van der Waals surface area contributed by atoms with Crippen molar-refractivity contribution in [2.45, 2.75) is 0 Å². The quantitative estimate of drug-likeness (QED) is 0.661. The molecule has 0 saturated carbocycles. The molecule has 6 heteroatoms. The van der Waals surface area contributed by atoms with Crippen LogP contribution in [0.1, 0.15) is 15.9 Å². The van der Waals surface area contributed by atoms with Gasteiger partial charge in [-0.1, -0.05) is 53.5 Å². The van der Waals surface area contributed by atoms with E-state index in [0.717, 1.165) is 0 Å². The Balaban J connectivity index is 2.51. The van der Waals surface area contributed by atoms with Gasteiger partial charge in [-0.2, -0.15) is 0 Å². The van der Waals surface area contributed by atoms with Gasteiger partial charge in [0.05, 0.1) is 10.7 Å². The fraction of sp³-hybridized carbons (Fsp3) is 0.0667. The van der Waals surface area contributed by atoms with Crippen molar-refractivity contribution in [2.75, 3.05) is 11.2 Å². The molecule has 0 unspecified atom stereocenters. The molecule has 0 aromatic heterocycles. The largest absolute Gasteiger partial charge is 0.323 e. The zero-order valence-electron chi connectivity index (χ0n) is 10.7. The number of carbonyl (C=O) groups excluding carboxylic acids is 2. The summed E-state index contributed by atoms with van der Waals surface area (Å²) in [7, 11) is 0. The van der Waals surface area contributed by atoms with Gasteiger partial charge in [-0.15, -0.1) is 11.6 Å². The first-order chi connectivity index (χ1) is 10.0. The zero-order valence-corrected chi connectivity index (χ0v) is 13.0. The third-order valence-corrected chi connectivity index (χ3v) is 3.48. The van der Waals surface area contributed by atoms with E-state index in [4.69, 9.17) is 34.8 Å². The lowest BCUT2D eigenvalue weighted by Crippen LogP contribution is -2.16. The monoisotopic (exact) mass is 341 g/mol. The van der Waals surface area contributed by atoms with Crippen molar-refractivity contribution in [1.29, 1.82) is 0 Å². The molecular weight excluding hydrogens is 333 g/mol. The first-order valence-corrected chi connectivity index (χ1v) is 7.26. The van der Waals surface area contributed by atoms with E-state index in [9.17, 15) is 9.59 Å². The SMILES string of the molecule is O=C(CCl)Nc1c(Cl)cc(Cl)cc1C(=O)c1ccccc1. The first-order valence-electron chi connectivity index (χ1n) is 5.97. The van der Waals surface area contributed by atoms with Crippen LogP contribution in [0.4, 0.5) is 5.69 Å². The lowest BCUT2D eigenvalue weighted by Gasteiger charge is -2.12. The molecule has 0 aliphatic rings. The summed E-state index contributed by atoms with van der Waals surface area (Å²) < 4.78 is 0. The van der Waals surface area contributed by atoms with E-state index in [1.165, 1.54) is 12.1 Å². The molecule has 1 amide bonds. The highest BCUT2D eigenvalue weighted by atomic mass is 35.5. The van der Waals surface area contributed by atoms with Gasteiger partial charge in [-0.3, -0.25) is 9.59 Å². The molecular formula is C15H10Cl3NO2. The van der Waals surface area contributed by atoms with Gasteiger partial charge in [-0.25, -0.2) is 0 Å². The average molecular weight is 343 g/mol. The Bertz CT molecular complexity index is 687. The molecule has 2 aromatic rings. The Labute approximate surface area is 136 Å². The average Bonchev–Trinajstić information content (AvgIpc) is 2.49. The third-order valence-electron chi connectivity index (χ3n) is 2.72. The lowest BCUT2D eigenvalue weighted by atomic mass is 10.0. The number of hydrogen-bond acceptors (Lipinski definition) is 2. The van der Waals surface area contributed by atoms with Crippen LogP contribution in [0, 0.1) is 0 Å². The number of halogens is 3. The van der Waals surface area contributed by atoms with Gasteiger partial charge in [0.25, 0.3) is 0 Å². The molecule has 0 bridgehead atoms. The second kappa shape index (κ2) is 6.94. The summed E-state index contributed by atoms with van der Waals surface area (Å²) in [6.07, 6.45) is 0. The number of benzene rings is 2. The van der Waals surface area contributed by atoms with Crippen LogP contribution in [-0.2, 0) is 4.79 Å². The highest BCUT2D eigenvalue weighted by molar-refractivity contribution is 6.39. The van der Waals surface area contributed by atoms with Gasteiger partial charge in [0.2, 0.25) is 5.91 Å². The Kier molecular flexibility index (Phi) is 5.23. The second-order valence-electron chi connectivity index (χ2n) is 4.19. The fourth-order valence-corrected chi connectivity index (χ4v) is 2.41. The van der Waals surface area contributed by atoms with Gasteiger partial charge >= 0.3 is 0 Å². The van der Waals surface area contributed by atoms with Crippen molar-refractivity contribution in [1.82, 2.24) is 0 Å². The maximum Gasteiger partial charge on any atom is 0.239 e. The van der Waals surface area contributed by atoms with E-state index in [0.29, 0.717) is 10.6 Å². The molecule has 0 heterocycles. The molecule has 3 nitrogen and oxygen atoms in total. The van der Waals surface area contributed by atoms with E-state index in [2.05, 4.69) is 5.32 Å². The van der Waals surface area contributed by atoms with Crippen molar-refractivity contribution in [3.8, 4) is 0 Å². The minimum Gasteiger partial charge on any atom is -0.323 e. The van der Waals surface area contributed by atoms with E-state index >= 15 is 0 Å². The van der Waals surface area contributed by atoms with Crippen LogP contribution >= 0.6 is 34.8 Å². The molecule has 0 atom stereocenters. The number of amides is 1. The summed E-state index contributed by atoms with van der Waals surface area (Å²) in [5.74, 6) is -0.981. The maximum absolute atomic E-state index is 12.5. The fourth-order valence-electron chi connectivity index (χ4n) is 1.80. The van der Waals surface area contributed by atoms with Crippen molar-refractivity contribution in [3.63, 3.8) is 0 Å². The number of alkyl halides is 1. The number of ketones is 1. The summed E-state index contributed by atoms with van der Waals surface area (Å²) in [6, 6.07) is 11.6. The van der Waals surface area contributed by atoms with Crippen LogP contribution < -0.4 is 5.32 Å². The smallest absolute Gasteiger partial charge is 0.239 e. The van der Waals surface area contributed by atoms with E-state index in [-0.39, 0.29) is 27.9 Å². The number of anilines is 1. The highest BCUT2D eigenvalue weighted by Gasteiger charge is 2.18. The Morgan fingerprint density at radius 1 is 1.05 bits per heavy atom. The Morgan fingerprint density at radius 2 is 1.71 bits per heavy atom. The lowest BCUT2D eigenvalue weighted by molar-refractivity contribution is -0.113. The molecule has 0 spiro atoms. The molecule has 0 saturated heterocycles. The van der Waals surface area contributed by atoms with E-state index in [1.807, 2.05) is 0 Å². The number of nitrogens with one attached hydrogen (secondary N) is 1. The van der Waals surface area contributed by atoms with Crippen LogP contribution in [0.15, 0.2) is 42.5 Å². The summed E-state index contributed by atoms with van der Waals surface area (Å²) in [6.45, 7) is 0. The molecule has 2 rings (SSSR count). The summed E-state index contributed by atoms with van der Waals surface area (Å²) in [5, 5.41) is 3.01. The molecule has 1 N–H and O–H groups in total. The molecule has 0 aliphatic heterocycles. The van der Waals surface area contributed by atoms with E-state index < -0.39 is 5.91 Å². The van der Waals surface area contributed by atoms with E-state index in [1.54, 1.807) is 30.3 Å². The van der Waals surface area contributed by atoms with Crippen molar-refractivity contribution >= 4 is 52.2 Å². The molecule has 21 heavy (non-hydrogen) atoms. The van der Waals surface area contributed by atoms with Gasteiger partial charge in [0, 0.05) is 16.1 Å². The van der Waals surface area contributed by atoms with Gasteiger partial charge in [0.15, 0.2) is 5.78 Å². The molecule has 0 radical (unpaired) electrons. The van der Waals surface area contributed by atoms with Crippen molar-refractivity contribution < 1.29 is 9.59 Å². The van der Waals surface area contributed by atoms with Gasteiger partial charge < -0.3 is 5.32 Å². The highest BCUT2D eigenvalue weighted by Crippen LogP contribution is 2.31. The minimum atomic E-state index is -0.456. The maximum atomic E-state index is 12.5. The number of hydrogen-bond donors (Lipinski definition) is 1. The molecule has 0 fully saturated rings. The summed E-state index contributed by atoms with van der Waals surface area (Å²) in [5.41, 5.74) is 0.898. The Morgan fingerprint density at radius 3 is 2.33 bits per heavy atom. The molecule has 108 valence electrons. The minimum absolute atomic E-state index is 0.181. The predicted octanol–water partition coefficient (Wildman–Crippen LogP) is 4.40. The molecule has 0 aliphatic carbocycles. The van der Waals surface area contributed by atoms with Crippen LogP contribution in [0.2, 0.25) is 10.0 Å². The second-order valence-corrected chi connectivity index (χ2v) is 5.30. The van der Waals surface area contributed by atoms with Crippen LogP contribution in [-0.4, -0.2) is 17.6 Å². The van der Waals surface area contributed by atoms with Crippen LogP contribution in [0.25, 0.3) is 0 Å². The van der Waals surface area contributed by atoms with Gasteiger partial charge in [-0.05, 0) is 12.1 Å². The molecule has 2 aromatic carbocycles. The standard InChI is InChI=1S/C15H10Cl3NO2/c16-8-13(20)19-14-11(6-10(17)7-12(14)18)15(21)9-4-2-1-3-5-9/h1-7H,8H2,(H,19,20). The normalized spacial score (nSPS) is 10.2.